The maximum Gasteiger partial charge on any atom is 0.228 e. The second-order valence-corrected chi connectivity index (χ2v) is 3.34. The summed E-state index contributed by atoms with van der Waals surface area (Å²) in [6.07, 6.45) is 3.21. The molecule has 1 aromatic heterocycles. The van der Waals surface area contributed by atoms with E-state index in [1.807, 2.05) is 13.0 Å². The number of amidine groups is 1. The van der Waals surface area contributed by atoms with E-state index in [9.17, 15) is 4.79 Å². The number of nitrogens with two attached hydrogens (primary N) is 1. The molecule has 0 saturated carbocycles. The molecule has 0 spiro atoms. The van der Waals surface area contributed by atoms with Gasteiger partial charge in [0, 0.05) is 12.4 Å². The Morgan fingerprint density at radius 3 is 3.06 bits per heavy atom. The highest BCUT2D eigenvalue weighted by atomic mass is 16.4. The van der Waals surface area contributed by atoms with E-state index in [0.717, 1.165) is 5.56 Å². The van der Waals surface area contributed by atoms with Crippen LogP contribution < -0.4 is 11.1 Å². The van der Waals surface area contributed by atoms with E-state index in [4.69, 9.17) is 10.9 Å². The van der Waals surface area contributed by atoms with Crippen molar-refractivity contribution in [1.29, 1.82) is 0 Å². The van der Waals surface area contributed by atoms with E-state index in [0.29, 0.717) is 0 Å². The Hall–Kier alpha value is -2.11. The van der Waals surface area contributed by atoms with Gasteiger partial charge < -0.3 is 16.3 Å². The summed E-state index contributed by atoms with van der Waals surface area (Å²) in [5, 5.41) is 13.7. The van der Waals surface area contributed by atoms with Gasteiger partial charge in [0.2, 0.25) is 5.91 Å². The number of aromatic nitrogens is 1. The highest BCUT2D eigenvalue weighted by Crippen LogP contribution is 2.09. The minimum Gasteiger partial charge on any atom is -0.409 e. The van der Waals surface area contributed by atoms with Crippen LogP contribution in [-0.4, -0.2) is 21.9 Å². The molecule has 1 atom stereocenters. The van der Waals surface area contributed by atoms with Crippen LogP contribution in [0.25, 0.3) is 0 Å². The zero-order valence-electron chi connectivity index (χ0n) is 8.92. The van der Waals surface area contributed by atoms with Crippen molar-refractivity contribution in [2.45, 2.75) is 19.4 Å². The third-order valence-corrected chi connectivity index (χ3v) is 2.03. The SMILES string of the molecule is CC(NC(=O)C/C(N)=N/O)c1cccnc1. The van der Waals surface area contributed by atoms with Gasteiger partial charge in [-0.2, -0.15) is 0 Å². The number of carbonyl (C=O) groups excluding carboxylic acids is 1. The van der Waals surface area contributed by atoms with Crippen LogP contribution in [-0.2, 0) is 4.79 Å². The Labute approximate surface area is 93.2 Å². The first kappa shape index (κ1) is 12.0. The molecule has 86 valence electrons. The van der Waals surface area contributed by atoms with E-state index < -0.39 is 0 Å². The van der Waals surface area contributed by atoms with Gasteiger partial charge in [-0.25, -0.2) is 0 Å². The van der Waals surface area contributed by atoms with Crippen molar-refractivity contribution in [3.8, 4) is 0 Å². The fraction of sp³-hybridized carbons (Fsp3) is 0.300. The lowest BCUT2D eigenvalue weighted by Gasteiger charge is -2.13. The van der Waals surface area contributed by atoms with Gasteiger partial charge in [0.15, 0.2) is 0 Å². The lowest BCUT2D eigenvalue weighted by atomic mass is 10.1. The Kier molecular flexibility index (Phi) is 4.26. The fourth-order valence-corrected chi connectivity index (χ4v) is 1.21. The van der Waals surface area contributed by atoms with Crippen molar-refractivity contribution >= 4 is 11.7 Å². The zero-order chi connectivity index (χ0) is 12.0. The molecule has 0 saturated heterocycles. The van der Waals surface area contributed by atoms with Gasteiger partial charge in [-0.1, -0.05) is 11.2 Å². The number of amides is 1. The van der Waals surface area contributed by atoms with E-state index in [-0.39, 0.29) is 24.2 Å². The maximum atomic E-state index is 11.4. The molecule has 1 unspecified atom stereocenters. The monoisotopic (exact) mass is 222 g/mol. The van der Waals surface area contributed by atoms with Gasteiger partial charge >= 0.3 is 0 Å². The third-order valence-electron chi connectivity index (χ3n) is 2.03. The molecule has 0 aliphatic rings. The van der Waals surface area contributed by atoms with Gasteiger partial charge in [-0.3, -0.25) is 9.78 Å². The van der Waals surface area contributed by atoms with E-state index in [2.05, 4.69) is 15.5 Å². The fourth-order valence-electron chi connectivity index (χ4n) is 1.21. The van der Waals surface area contributed by atoms with Gasteiger partial charge in [0.05, 0.1) is 12.5 Å². The Bertz CT molecular complexity index is 378. The van der Waals surface area contributed by atoms with E-state index in [1.165, 1.54) is 0 Å². The normalized spacial score (nSPS) is 13.2. The molecule has 0 aliphatic heterocycles. The molecule has 1 rings (SSSR count). The lowest BCUT2D eigenvalue weighted by Crippen LogP contribution is -2.30. The Morgan fingerprint density at radius 2 is 2.50 bits per heavy atom. The summed E-state index contributed by atoms with van der Waals surface area (Å²) in [6, 6.07) is 3.50. The number of hydrogen-bond donors (Lipinski definition) is 3. The predicted octanol–water partition coefficient (Wildman–Crippen LogP) is 0.395. The molecule has 0 radical (unpaired) electrons. The average Bonchev–Trinajstić information content (AvgIpc) is 2.29. The maximum absolute atomic E-state index is 11.4. The summed E-state index contributed by atoms with van der Waals surface area (Å²) in [6.45, 7) is 1.83. The van der Waals surface area contributed by atoms with Crippen molar-refractivity contribution in [3.05, 3.63) is 30.1 Å². The number of nitrogens with one attached hydrogen (secondary N) is 1. The van der Waals surface area contributed by atoms with E-state index >= 15 is 0 Å². The third kappa shape index (κ3) is 3.56. The second kappa shape index (κ2) is 5.69. The molecule has 4 N–H and O–H groups in total. The molecule has 0 bridgehead atoms. The Balaban J connectivity index is 2.52. The van der Waals surface area contributed by atoms with Crippen molar-refractivity contribution in [3.63, 3.8) is 0 Å². The summed E-state index contributed by atoms with van der Waals surface area (Å²) in [5.41, 5.74) is 6.11. The lowest BCUT2D eigenvalue weighted by molar-refractivity contribution is -0.120. The molecule has 0 aromatic carbocycles. The molecule has 0 aliphatic carbocycles. The highest BCUT2D eigenvalue weighted by Gasteiger charge is 2.10. The minimum absolute atomic E-state index is 0.115. The summed E-state index contributed by atoms with van der Waals surface area (Å²) >= 11 is 0. The molecule has 1 heterocycles. The van der Waals surface area contributed by atoms with Crippen molar-refractivity contribution < 1.29 is 10.0 Å². The Morgan fingerprint density at radius 1 is 1.75 bits per heavy atom. The molecule has 1 aromatic rings. The average molecular weight is 222 g/mol. The number of rotatable bonds is 4. The quantitative estimate of drug-likeness (QED) is 0.297. The van der Waals surface area contributed by atoms with Crippen LogP contribution in [0.15, 0.2) is 29.7 Å². The summed E-state index contributed by atoms with van der Waals surface area (Å²) < 4.78 is 0. The van der Waals surface area contributed by atoms with Gasteiger partial charge in [0.25, 0.3) is 0 Å². The number of carbonyl (C=O) groups is 1. The summed E-state index contributed by atoms with van der Waals surface area (Å²) in [5.74, 6) is -0.414. The van der Waals surface area contributed by atoms with Crippen LogP contribution in [0, 0.1) is 0 Å². The van der Waals surface area contributed by atoms with Crippen LogP contribution in [0.1, 0.15) is 24.9 Å². The van der Waals surface area contributed by atoms with Crippen molar-refractivity contribution in [2.75, 3.05) is 0 Å². The van der Waals surface area contributed by atoms with Crippen LogP contribution in [0.3, 0.4) is 0 Å². The first-order valence-corrected chi connectivity index (χ1v) is 4.79. The topological polar surface area (TPSA) is 101 Å². The predicted molar refractivity (Wildman–Crippen MR) is 58.8 cm³/mol. The number of hydrogen-bond acceptors (Lipinski definition) is 4. The molecular weight excluding hydrogens is 208 g/mol. The number of nitrogens with zero attached hydrogens (tertiary/aromatic N) is 2. The summed E-state index contributed by atoms with van der Waals surface area (Å²) in [4.78, 5) is 15.3. The second-order valence-electron chi connectivity index (χ2n) is 3.34. The molecule has 0 fully saturated rings. The molecular formula is C10H14N4O2. The van der Waals surface area contributed by atoms with Crippen LogP contribution in [0.4, 0.5) is 0 Å². The highest BCUT2D eigenvalue weighted by molar-refractivity contribution is 5.98. The number of oxime groups is 1. The largest absolute Gasteiger partial charge is 0.409 e. The van der Waals surface area contributed by atoms with Crippen LogP contribution >= 0.6 is 0 Å². The van der Waals surface area contributed by atoms with Gasteiger partial charge in [-0.05, 0) is 18.6 Å². The van der Waals surface area contributed by atoms with Crippen molar-refractivity contribution in [1.82, 2.24) is 10.3 Å². The molecule has 16 heavy (non-hydrogen) atoms. The van der Waals surface area contributed by atoms with E-state index in [1.54, 1.807) is 18.5 Å². The molecule has 6 heteroatoms. The smallest absolute Gasteiger partial charge is 0.228 e. The number of pyridine rings is 1. The molecule has 6 nitrogen and oxygen atoms in total. The van der Waals surface area contributed by atoms with Gasteiger partial charge in [0.1, 0.15) is 5.84 Å². The summed E-state index contributed by atoms with van der Waals surface area (Å²) in [7, 11) is 0. The standard InChI is InChI=1S/C10H14N4O2/c1-7(8-3-2-4-12-6-8)13-10(15)5-9(11)14-16/h2-4,6-7,16H,5H2,1H3,(H2,11,14)(H,13,15). The minimum atomic E-state index is -0.299. The first-order valence-electron chi connectivity index (χ1n) is 4.79. The first-order chi connectivity index (χ1) is 7.63. The van der Waals surface area contributed by atoms with Crippen LogP contribution in [0.5, 0.6) is 0 Å². The van der Waals surface area contributed by atoms with Crippen LogP contribution in [0.2, 0.25) is 0 Å². The molecule has 1 amide bonds. The van der Waals surface area contributed by atoms with Gasteiger partial charge in [-0.15, -0.1) is 0 Å². The van der Waals surface area contributed by atoms with Crippen molar-refractivity contribution in [2.24, 2.45) is 10.9 Å². The zero-order valence-corrected chi connectivity index (χ0v) is 8.92.